The van der Waals surface area contributed by atoms with Crippen molar-refractivity contribution in [3.8, 4) is 0 Å². The summed E-state index contributed by atoms with van der Waals surface area (Å²) in [6.07, 6.45) is 7.30. The second kappa shape index (κ2) is 11.2. The molecular formula is C23H35NO3. The van der Waals surface area contributed by atoms with E-state index in [4.69, 9.17) is 10.5 Å². The molecule has 0 heterocycles. The van der Waals surface area contributed by atoms with Gasteiger partial charge in [0.05, 0.1) is 6.61 Å². The van der Waals surface area contributed by atoms with Crippen molar-refractivity contribution >= 4 is 11.8 Å². The van der Waals surface area contributed by atoms with Crippen molar-refractivity contribution in [1.29, 1.82) is 0 Å². The van der Waals surface area contributed by atoms with E-state index in [1.54, 1.807) is 0 Å². The molecule has 1 atom stereocenters. The van der Waals surface area contributed by atoms with Crippen molar-refractivity contribution in [2.75, 3.05) is 13.2 Å². The summed E-state index contributed by atoms with van der Waals surface area (Å²) in [6, 6.07) is 7.97. The van der Waals surface area contributed by atoms with Crippen molar-refractivity contribution in [2.45, 2.75) is 65.2 Å². The zero-order chi connectivity index (χ0) is 19.6. The number of carbonyl (C=O) groups excluding carboxylic acids is 2. The number of benzene rings is 1. The van der Waals surface area contributed by atoms with Crippen LogP contribution in [0, 0.1) is 17.8 Å². The van der Waals surface area contributed by atoms with E-state index in [9.17, 15) is 9.59 Å². The highest BCUT2D eigenvalue weighted by Gasteiger charge is 2.26. The summed E-state index contributed by atoms with van der Waals surface area (Å²) in [5, 5.41) is 0. The molecule has 2 N–H and O–H groups in total. The fourth-order valence-corrected chi connectivity index (χ4v) is 3.79. The minimum Gasteiger partial charge on any atom is -0.465 e. The summed E-state index contributed by atoms with van der Waals surface area (Å²) in [5.41, 5.74) is 7.73. The molecular weight excluding hydrogens is 338 g/mol. The van der Waals surface area contributed by atoms with Crippen LogP contribution in [-0.2, 0) is 16.0 Å². The molecule has 1 aliphatic rings. The highest BCUT2D eigenvalue weighted by atomic mass is 16.5. The van der Waals surface area contributed by atoms with Crippen LogP contribution in [0.25, 0.3) is 0 Å². The molecule has 1 fully saturated rings. The standard InChI is InChI=1S/C23H35NO3/c1-3-4-5-22(25)27-16-17(2)14-18-6-10-20(11-7-18)23(26)21-12-8-19(15-24)9-13-21/h6-7,10-11,17,19,21H,3-5,8-9,12-16,24H2,1-2H3. The quantitative estimate of drug-likeness (QED) is 0.483. The van der Waals surface area contributed by atoms with E-state index in [1.807, 2.05) is 24.3 Å². The van der Waals surface area contributed by atoms with E-state index in [2.05, 4.69) is 13.8 Å². The van der Waals surface area contributed by atoms with Crippen molar-refractivity contribution < 1.29 is 14.3 Å². The molecule has 0 amide bonds. The first-order valence-corrected chi connectivity index (χ1v) is 10.5. The lowest BCUT2D eigenvalue weighted by atomic mass is 9.78. The van der Waals surface area contributed by atoms with Crippen LogP contribution < -0.4 is 5.73 Å². The minimum absolute atomic E-state index is 0.103. The first-order valence-electron chi connectivity index (χ1n) is 10.5. The molecule has 1 aliphatic carbocycles. The maximum absolute atomic E-state index is 12.7. The predicted octanol–water partition coefficient (Wildman–Crippen LogP) is 4.55. The molecule has 1 aromatic rings. The molecule has 0 spiro atoms. The van der Waals surface area contributed by atoms with Crippen molar-refractivity contribution in [2.24, 2.45) is 23.5 Å². The van der Waals surface area contributed by atoms with Gasteiger partial charge in [0.25, 0.3) is 0 Å². The van der Waals surface area contributed by atoms with Gasteiger partial charge in [-0.15, -0.1) is 0 Å². The molecule has 1 unspecified atom stereocenters. The second-order valence-corrected chi connectivity index (χ2v) is 8.11. The van der Waals surface area contributed by atoms with Gasteiger partial charge in [0.1, 0.15) is 0 Å². The number of hydrogen-bond donors (Lipinski definition) is 1. The van der Waals surface area contributed by atoms with Gasteiger partial charge in [-0.2, -0.15) is 0 Å². The summed E-state index contributed by atoms with van der Waals surface area (Å²) >= 11 is 0. The van der Waals surface area contributed by atoms with Gasteiger partial charge in [-0.25, -0.2) is 0 Å². The minimum atomic E-state index is -0.103. The highest BCUT2D eigenvalue weighted by Crippen LogP contribution is 2.30. The van der Waals surface area contributed by atoms with Gasteiger partial charge in [0, 0.05) is 17.9 Å². The van der Waals surface area contributed by atoms with Crippen LogP contribution in [0.5, 0.6) is 0 Å². The Morgan fingerprint density at radius 3 is 2.41 bits per heavy atom. The Hall–Kier alpha value is -1.68. The Kier molecular flexibility index (Phi) is 8.99. The van der Waals surface area contributed by atoms with Crippen LogP contribution in [0.3, 0.4) is 0 Å². The van der Waals surface area contributed by atoms with Crippen molar-refractivity contribution in [3.63, 3.8) is 0 Å². The smallest absolute Gasteiger partial charge is 0.305 e. The van der Waals surface area contributed by atoms with E-state index in [-0.39, 0.29) is 23.6 Å². The first kappa shape index (κ1) is 21.6. The first-order chi connectivity index (χ1) is 13.0. The largest absolute Gasteiger partial charge is 0.465 e. The number of ether oxygens (including phenoxy) is 1. The zero-order valence-electron chi connectivity index (χ0n) is 16.9. The number of ketones is 1. The third kappa shape index (κ3) is 7.10. The molecule has 0 aliphatic heterocycles. The lowest BCUT2D eigenvalue weighted by Crippen LogP contribution is -2.25. The Labute approximate surface area is 163 Å². The number of nitrogens with two attached hydrogens (primary N) is 1. The molecule has 4 heteroatoms. The van der Waals surface area contributed by atoms with Gasteiger partial charge in [-0.1, -0.05) is 44.5 Å². The molecule has 0 radical (unpaired) electrons. The van der Waals surface area contributed by atoms with Gasteiger partial charge >= 0.3 is 5.97 Å². The molecule has 27 heavy (non-hydrogen) atoms. The van der Waals surface area contributed by atoms with Gasteiger partial charge < -0.3 is 10.5 Å². The average molecular weight is 374 g/mol. The molecule has 2 rings (SSSR count). The van der Waals surface area contributed by atoms with Crippen molar-refractivity contribution in [3.05, 3.63) is 35.4 Å². The third-order valence-electron chi connectivity index (χ3n) is 5.64. The molecule has 4 nitrogen and oxygen atoms in total. The molecule has 150 valence electrons. The summed E-state index contributed by atoms with van der Waals surface area (Å²) in [5.74, 6) is 1.18. The predicted molar refractivity (Wildman–Crippen MR) is 109 cm³/mol. The summed E-state index contributed by atoms with van der Waals surface area (Å²) < 4.78 is 5.34. The van der Waals surface area contributed by atoms with E-state index in [0.717, 1.165) is 57.1 Å². The van der Waals surface area contributed by atoms with Crippen LogP contribution in [-0.4, -0.2) is 24.9 Å². The Morgan fingerprint density at radius 2 is 1.81 bits per heavy atom. The van der Waals surface area contributed by atoms with Gasteiger partial charge in [0.2, 0.25) is 0 Å². The Morgan fingerprint density at radius 1 is 1.15 bits per heavy atom. The summed E-state index contributed by atoms with van der Waals surface area (Å²) in [4.78, 5) is 24.3. The lowest BCUT2D eigenvalue weighted by Gasteiger charge is -2.26. The van der Waals surface area contributed by atoms with E-state index in [0.29, 0.717) is 18.9 Å². The SMILES string of the molecule is CCCCC(=O)OCC(C)Cc1ccc(C(=O)C2CCC(CN)CC2)cc1. The van der Waals surface area contributed by atoms with Crippen LogP contribution in [0.15, 0.2) is 24.3 Å². The number of rotatable bonds is 10. The van der Waals surface area contributed by atoms with Crippen LogP contribution >= 0.6 is 0 Å². The number of Topliss-reactive ketones (excluding diaryl/α,β-unsaturated/α-hetero) is 1. The van der Waals surface area contributed by atoms with Gasteiger partial charge in [0.15, 0.2) is 5.78 Å². The highest BCUT2D eigenvalue weighted by molar-refractivity contribution is 5.97. The Balaban J connectivity index is 1.79. The number of esters is 1. The number of unbranched alkanes of at least 4 members (excludes halogenated alkanes) is 1. The van der Waals surface area contributed by atoms with E-state index < -0.39 is 0 Å². The van der Waals surface area contributed by atoms with Crippen LogP contribution in [0.1, 0.15) is 74.7 Å². The molecule has 1 saturated carbocycles. The maximum Gasteiger partial charge on any atom is 0.305 e. The monoisotopic (exact) mass is 373 g/mol. The van der Waals surface area contributed by atoms with Gasteiger partial charge in [-0.3, -0.25) is 9.59 Å². The zero-order valence-corrected chi connectivity index (χ0v) is 16.9. The summed E-state index contributed by atoms with van der Waals surface area (Å²) in [7, 11) is 0. The molecule has 1 aromatic carbocycles. The molecule has 0 saturated heterocycles. The molecule has 0 aromatic heterocycles. The van der Waals surface area contributed by atoms with E-state index >= 15 is 0 Å². The lowest BCUT2D eigenvalue weighted by molar-refractivity contribution is -0.145. The van der Waals surface area contributed by atoms with Crippen molar-refractivity contribution in [1.82, 2.24) is 0 Å². The normalized spacial score (nSPS) is 20.9. The summed E-state index contributed by atoms with van der Waals surface area (Å²) in [6.45, 7) is 5.34. The average Bonchev–Trinajstić information content (AvgIpc) is 2.70. The fraction of sp³-hybridized carbons (Fsp3) is 0.652. The van der Waals surface area contributed by atoms with E-state index in [1.165, 1.54) is 5.56 Å². The fourth-order valence-electron chi connectivity index (χ4n) is 3.79. The van der Waals surface area contributed by atoms with Crippen LogP contribution in [0.4, 0.5) is 0 Å². The third-order valence-corrected chi connectivity index (χ3v) is 5.64. The molecule has 0 bridgehead atoms. The number of carbonyl (C=O) groups is 2. The number of hydrogen-bond acceptors (Lipinski definition) is 4. The topological polar surface area (TPSA) is 69.4 Å². The van der Waals surface area contributed by atoms with Crippen LogP contribution in [0.2, 0.25) is 0 Å². The van der Waals surface area contributed by atoms with Gasteiger partial charge in [-0.05, 0) is 62.5 Å². The second-order valence-electron chi connectivity index (χ2n) is 8.11. The maximum atomic E-state index is 12.7. The Bertz CT molecular complexity index is 588.